The third-order valence-corrected chi connectivity index (χ3v) is 8.27. The molecule has 0 aliphatic carbocycles. The highest BCUT2D eigenvalue weighted by molar-refractivity contribution is 8.00. The second kappa shape index (κ2) is 10.3. The van der Waals surface area contributed by atoms with Crippen LogP contribution in [-0.2, 0) is 30.6 Å². The number of nitrogens with zero attached hydrogens (tertiary/aromatic N) is 5. The minimum atomic E-state index is -1.76. The highest BCUT2D eigenvalue weighted by Crippen LogP contribution is 2.40. The second-order valence-electron chi connectivity index (χ2n) is 9.47. The largest absolute Gasteiger partial charge is 0.543 e. The van der Waals surface area contributed by atoms with Crippen LogP contribution in [0.5, 0.6) is 0 Å². The molecule has 0 bridgehead atoms. The number of imidazole rings is 1. The number of amides is 2. The molecule has 2 aliphatic rings. The Bertz CT molecular complexity index is 1580. The summed E-state index contributed by atoms with van der Waals surface area (Å²) in [6.45, 7) is 2.72. The van der Waals surface area contributed by atoms with E-state index in [1.807, 2.05) is 45.9 Å². The number of hydrogen-bond donors (Lipinski definition) is 3. The van der Waals surface area contributed by atoms with Gasteiger partial charge in [0.15, 0.2) is 16.4 Å². The maximum Gasteiger partial charge on any atom is 0.350 e. The van der Waals surface area contributed by atoms with Gasteiger partial charge in [0.05, 0.1) is 17.9 Å². The summed E-state index contributed by atoms with van der Waals surface area (Å²) in [5, 5.41) is 28.6. The van der Waals surface area contributed by atoms with Gasteiger partial charge < -0.3 is 30.9 Å². The predicted octanol–water partition coefficient (Wildman–Crippen LogP) is -1.05. The number of thiazole rings is 1. The van der Waals surface area contributed by atoms with Gasteiger partial charge in [-0.3, -0.25) is 14.5 Å². The first-order valence-corrected chi connectivity index (χ1v) is 13.7. The molecule has 0 saturated carbocycles. The molecule has 0 unspecified atom stereocenters. The van der Waals surface area contributed by atoms with Crippen LogP contribution >= 0.6 is 23.1 Å². The zero-order chi connectivity index (χ0) is 28.8. The molecule has 0 radical (unpaired) electrons. The van der Waals surface area contributed by atoms with Crippen molar-refractivity contribution >= 4 is 63.2 Å². The monoisotopic (exact) mass is 585 g/mol. The smallest absolute Gasteiger partial charge is 0.350 e. The lowest BCUT2D eigenvalue weighted by molar-refractivity contribution is -0.687. The average Bonchev–Trinajstić information content (AvgIpc) is 3.52. The molecule has 4 N–H and O–H groups in total. The first kappa shape index (κ1) is 27.1. The van der Waals surface area contributed by atoms with E-state index in [0.717, 1.165) is 21.8 Å². The molecule has 2 atom stereocenters. The number of nitrogens with one attached hydrogen (secondary N) is 1. The molecule has 5 heterocycles. The first-order valence-electron chi connectivity index (χ1n) is 11.8. The summed E-state index contributed by atoms with van der Waals surface area (Å²) in [5.41, 5.74) is 4.74. The van der Waals surface area contributed by atoms with E-state index in [4.69, 9.17) is 10.6 Å². The first-order chi connectivity index (χ1) is 19.0. The number of hydrogen-bond acceptors (Lipinski definition) is 11. The molecule has 0 spiro atoms. The number of carbonyl (C=O) groups is 4. The SMILES string of the molecule is CC(C)(O/N=C(\C(=O)N[C@@H]1C(=O)N2C(C(=O)[O-])=C(C[n+]3cc4ccccn4c3)CS[C@H]12)c1csc(N)n1)C(=O)O. The van der Waals surface area contributed by atoms with Crippen molar-refractivity contribution in [1.29, 1.82) is 0 Å². The van der Waals surface area contributed by atoms with Crippen LogP contribution in [-0.4, -0.2) is 71.6 Å². The number of fused-ring (bicyclic) bond motifs is 2. The van der Waals surface area contributed by atoms with Crippen molar-refractivity contribution < 1.29 is 38.8 Å². The number of oxime groups is 1. The summed E-state index contributed by atoms with van der Waals surface area (Å²) in [6.07, 6.45) is 5.53. The zero-order valence-corrected chi connectivity index (χ0v) is 22.8. The number of carbonyl (C=O) groups excluding carboxylic acids is 3. The van der Waals surface area contributed by atoms with Gasteiger partial charge >= 0.3 is 5.97 Å². The van der Waals surface area contributed by atoms with Gasteiger partial charge in [-0.15, -0.1) is 23.1 Å². The Morgan fingerprint density at radius 1 is 1.38 bits per heavy atom. The molecule has 1 saturated heterocycles. The van der Waals surface area contributed by atoms with Crippen LogP contribution in [0.15, 0.2) is 58.7 Å². The number of carboxylic acids is 2. The van der Waals surface area contributed by atoms with Crippen molar-refractivity contribution in [2.75, 3.05) is 11.5 Å². The molecule has 16 heteroatoms. The lowest BCUT2D eigenvalue weighted by atomic mass is 10.0. The Kier molecular flexibility index (Phi) is 6.97. The number of rotatable bonds is 9. The summed E-state index contributed by atoms with van der Waals surface area (Å²) in [6, 6.07) is 4.59. The lowest BCUT2D eigenvalue weighted by Crippen LogP contribution is -2.71. The minimum Gasteiger partial charge on any atom is -0.543 e. The van der Waals surface area contributed by atoms with E-state index >= 15 is 0 Å². The van der Waals surface area contributed by atoms with E-state index in [9.17, 15) is 29.4 Å². The minimum absolute atomic E-state index is 0.0238. The Morgan fingerprint density at radius 3 is 2.80 bits per heavy atom. The molecule has 1 fully saturated rings. The highest BCUT2D eigenvalue weighted by Gasteiger charge is 2.53. The summed E-state index contributed by atoms with van der Waals surface area (Å²) in [7, 11) is 0. The fraction of sp³-hybridized carbons (Fsp3) is 0.292. The Morgan fingerprint density at radius 2 is 2.15 bits per heavy atom. The molecule has 2 amide bonds. The van der Waals surface area contributed by atoms with Gasteiger partial charge in [-0.1, -0.05) is 11.2 Å². The number of aliphatic carboxylic acids is 2. The maximum atomic E-state index is 13.2. The third kappa shape index (κ3) is 4.98. The van der Waals surface area contributed by atoms with E-state index in [1.165, 1.54) is 31.0 Å². The third-order valence-electron chi connectivity index (χ3n) is 6.25. The van der Waals surface area contributed by atoms with Crippen molar-refractivity contribution in [2.24, 2.45) is 5.16 Å². The van der Waals surface area contributed by atoms with Crippen LogP contribution in [0.1, 0.15) is 19.5 Å². The summed E-state index contributed by atoms with van der Waals surface area (Å²) in [5.74, 6) is -4.04. The molecule has 5 rings (SSSR count). The van der Waals surface area contributed by atoms with Crippen molar-refractivity contribution in [1.82, 2.24) is 19.6 Å². The van der Waals surface area contributed by atoms with E-state index in [-0.39, 0.29) is 34.5 Å². The topological polar surface area (TPSA) is 196 Å². The van der Waals surface area contributed by atoms with Crippen LogP contribution < -0.4 is 20.7 Å². The number of aromatic nitrogens is 3. The number of pyridine rings is 1. The number of thioether (sulfide) groups is 1. The van der Waals surface area contributed by atoms with E-state index in [1.54, 1.807) is 0 Å². The van der Waals surface area contributed by atoms with Crippen LogP contribution in [0.4, 0.5) is 5.13 Å². The fourth-order valence-electron chi connectivity index (χ4n) is 4.16. The van der Waals surface area contributed by atoms with Gasteiger partial charge in [-0.2, -0.15) is 0 Å². The van der Waals surface area contributed by atoms with Crippen molar-refractivity contribution in [3.05, 3.63) is 59.3 Å². The van der Waals surface area contributed by atoms with Crippen molar-refractivity contribution in [3.8, 4) is 0 Å². The van der Waals surface area contributed by atoms with Crippen LogP contribution in [0.2, 0.25) is 0 Å². The van der Waals surface area contributed by atoms with Crippen LogP contribution in [0.3, 0.4) is 0 Å². The molecule has 208 valence electrons. The van der Waals surface area contributed by atoms with Gasteiger partial charge in [-0.25, -0.2) is 18.7 Å². The number of nitrogens with two attached hydrogens (primary N) is 1. The standard InChI is InChI=1S/C24H23N7O7S2/c1-24(2,22(36)37)38-28-15(14-10-40-23(25)26-14)18(32)27-16-19(33)31-17(21(34)35)12(9-39-20(16)31)7-29-8-13-5-3-4-6-30(13)11-29/h3-6,8,10-11,16,20H,7,9H2,1-2H3,(H4-,25,26,27,32,34,35,36,37)/b28-15-/t16-,20-/m1/s1. The van der Waals surface area contributed by atoms with Crippen LogP contribution in [0, 0.1) is 0 Å². The van der Waals surface area contributed by atoms with Gasteiger partial charge in [0.25, 0.3) is 11.8 Å². The quantitative estimate of drug-likeness (QED) is 0.121. The molecular weight excluding hydrogens is 562 g/mol. The van der Waals surface area contributed by atoms with Gasteiger partial charge in [0.1, 0.15) is 29.9 Å². The van der Waals surface area contributed by atoms with Gasteiger partial charge in [0, 0.05) is 16.7 Å². The molecular formula is C24H23N7O7S2. The Hall–Kier alpha value is -4.44. The number of nitrogen functional groups attached to an aromatic ring is 1. The molecule has 40 heavy (non-hydrogen) atoms. The normalized spacial score (nSPS) is 19.3. The fourth-order valence-corrected chi connectivity index (χ4v) is 6.04. The lowest BCUT2D eigenvalue weighted by Gasteiger charge is -2.50. The zero-order valence-electron chi connectivity index (χ0n) is 21.1. The summed E-state index contributed by atoms with van der Waals surface area (Å²) >= 11 is 2.32. The number of carboxylic acid groups (broad SMARTS) is 2. The molecule has 14 nitrogen and oxygen atoms in total. The predicted molar refractivity (Wildman–Crippen MR) is 141 cm³/mol. The average molecular weight is 586 g/mol. The highest BCUT2D eigenvalue weighted by atomic mass is 32.2. The maximum absolute atomic E-state index is 13.2. The van der Waals surface area contributed by atoms with Gasteiger partial charge in [-0.05, 0) is 26.0 Å². The Balaban J connectivity index is 1.36. The number of anilines is 1. The second-order valence-corrected chi connectivity index (χ2v) is 11.5. The van der Waals surface area contributed by atoms with Crippen molar-refractivity contribution in [2.45, 2.75) is 37.4 Å². The number of β-lactam (4-membered cyclic amide) rings is 1. The summed E-state index contributed by atoms with van der Waals surface area (Å²) in [4.78, 5) is 60.1. The van der Waals surface area contributed by atoms with E-state index < -0.39 is 40.8 Å². The summed E-state index contributed by atoms with van der Waals surface area (Å²) < 4.78 is 3.70. The van der Waals surface area contributed by atoms with Crippen LogP contribution in [0.25, 0.3) is 5.52 Å². The molecule has 2 aliphatic heterocycles. The van der Waals surface area contributed by atoms with Gasteiger partial charge in [0.2, 0.25) is 11.9 Å². The Labute approximate surface area is 234 Å². The molecule has 3 aromatic rings. The molecule has 3 aromatic heterocycles. The van der Waals surface area contributed by atoms with E-state index in [2.05, 4.69) is 15.5 Å². The van der Waals surface area contributed by atoms with E-state index in [0.29, 0.717) is 5.57 Å². The molecule has 0 aromatic carbocycles. The van der Waals surface area contributed by atoms with Crippen molar-refractivity contribution in [3.63, 3.8) is 0 Å².